The highest BCUT2D eigenvalue weighted by Gasteiger charge is 2.29. The molecular weight excluding hydrogens is 252 g/mol. The number of ether oxygens (including phenoxy) is 1. The summed E-state index contributed by atoms with van der Waals surface area (Å²) in [4.78, 5) is 14.2. The molecule has 1 saturated heterocycles. The van der Waals surface area contributed by atoms with Crippen LogP contribution in [-0.4, -0.2) is 29.5 Å². The lowest BCUT2D eigenvalue weighted by Crippen LogP contribution is -2.49. The second-order valence-corrected chi connectivity index (χ2v) is 5.33. The summed E-state index contributed by atoms with van der Waals surface area (Å²) >= 11 is 0. The molecule has 1 aromatic rings. The molecule has 0 spiro atoms. The number of rotatable bonds is 3. The van der Waals surface area contributed by atoms with E-state index in [0.29, 0.717) is 11.3 Å². The molecule has 1 aliphatic heterocycles. The van der Waals surface area contributed by atoms with Crippen molar-refractivity contribution in [3.63, 3.8) is 0 Å². The van der Waals surface area contributed by atoms with Gasteiger partial charge in [-0.2, -0.15) is 5.26 Å². The van der Waals surface area contributed by atoms with Gasteiger partial charge in [-0.3, -0.25) is 4.79 Å². The fourth-order valence-corrected chi connectivity index (χ4v) is 2.81. The van der Waals surface area contributed by atoms with Gasteiger partial charge in [-0.05, 0) is 45.2 Å². The van der Waals surface area contributed by atoms with Crippen molar-refractivity contribution in [1.29, 1.82) is 5.26 Å². The number of piperidine rings is 1. The number of likely N-dealkylation sites (tertiary alicyclic amines) is 1. The van der Waals surface area contributed by atoms with Crippen LogP contribution in [0.1, 0.15) is 38.7 Å². The van der Waals surface area contributed by atoms with E-state index in [9.17, 15) is 4.79 Å². The minimum Gasteiger partial charge on any atom is -0.482 e. The fourth-order valence-electron chi connectivity index (χ4n) is 2.81. The van der Waals surface area contributed by atoms with Gasteiger partial charge >= 0.3 is 0 Å². The molecule has 0 saturated carbocycles. The molecule has 4 nitrogen and oxygen atoms in total. The lowest BCUT2D eigenvalue weighted by atomic mass is 9.97. The Bertz CT molecular complexity index is 511. The second kappa shape index (κ2) is 6.42. The molecule has 1 heterocycles. The number of para-hydroxylation sites is 1. The number of hydrogen-bond donors (Lipinski definition) is 0. The van der Waals surface area contributed by atoms with E-state index in [1.165, 1.54) is 6.42 Å². The normalized spacial score (nSPS) is 22.1. The zero-order chi connectivity index (χ0) is 14.5. The van der Waals surface area contributed by atoms with Crippen LogP contribution in [0.5, 0.6) is 5.75 Å². The van der Waals surface area contributed by atoms with E-state index in [1.807, 2.05) is 4.90 Å². The number of nitrogens with zero attached hydrogens (tertiary/aromatic N) is 2. The fraction of sp³-hybridized carbons (Fsp3) is 0.500. The molecular formula is C16H20N2O2. The molecule has 0 aliphatic carbocycles. The predicted octanol–water partition coefficient (Wildman–Crippen LogP) is 2.73. The molecule has 4 heteroatoms. The average molecular weight is 272 g/mol. The molecule has 2 atom stereocenters. The number of benzene rings is 1. The van der Waals surface area contributed by atoms with E-state index in [0.717, 1.165) is 12.8 Å². The van der Waals surface area contributed by atoms with Gasteiger partial charge in [0.05, 0.1) is 5.56 Å². The third-order valence-corrected chi connectivity index (χ3v) is 3.84. The summed E-state index contributed by atoms with van der Waals surface area (Å²) in [6, 6.07) is 9.58. The zero-order valence-corrected chi connectivity index (χ0v) is 12.0. The van der Waals surface area contributed by atoms with Gasteiger partial charge in [0.15, 0.2) is 6.61 Å². The Kier molecular flexibility index (Phi) is 4.62. The highest BCUT2D eigenvalue weighted by molar-refractivity contribution is 5.78. The van der Waals surface area contributed by atoms with E-state index >= 15 is 0 Å². The highest BCUT2D eigenvalue weighted by atomic mass is 16.5. The molecule has 1 fully saturated rings. The van der Waals surface area contributed by atoms with E-state index in [1.54, 1.807) is 24.3 Å². The number of amides is 1. The topological polar surface area (TPSA) is 53.3 Å². The van der Waals surface area contributed by atoms with Gasteiger partial charge in [0.25, 0.3) is 5.91 Å². The van der Waals surface area contributed by atoms with Gasteiger partial charge in [-0.15, -0.1) is 0 Å². The van der Waals surface area contributed by atoms with E-state index in [2.05, 4.69) is 19.9 Å². The molecule has 20 heavy (non-hydrogen) atoms. The lowest BCUT2D eigenvalue weighted by molar-refractivity contribution is -0.139. The number of hydrogen-bond acceptors (Lipinski definition) is 3. The largest absolute Gasteiger partial charge is 0.482 e. The Morgan fingerprint density at radius 2 is 2.00 bits per heavy atom. The van der Waals surface area contributed by atoms with Gasteiger partial charge in [-0.25, -0.2) is 0 Å². The average Bonchev–Trinajstić information content (AvgIpc) is 2.45. The molecule has 0 aromatic heterocycles. The summed E-state index contributed by atoms with van der Waals surface area (Å²) in [5.74, 6) is 0.470. The predicted molar refractivity (Wildman–Crippen MR) is 76.3 cm³/mol. The van der Waals surface area contributed by atoms with Crippen LogP contribution in [0.2, 0.25) is 0 Å². The quantitative estimate of drug-likeness (QED) is 0.850. The van der Waals surface area contributed by atoms with Crippen molar-refractivity contribution in [2.24, 2.45) is 0 Å². The van der Waals surface area contributed by atoms with Crippen molar-refractivity contribution in [2.75, 3.05) is 6.61 Å². The van der Waals surface area contributed by atoms with E-state index in [-0.39, 0.29) is 24.6 Å². The molecule has 0 bridgehead atoms. The molecule has 0 N–H and O–H groups in total. The first-order valence-electron chi connectivity index (χ1n) is 7.06. The Morgan fingerprint density at radius 1 is 1.35 bits per heavy atom. The number of carbonyl (C=O) groups excluding carboxylic acids is 1. The van der Waals surface area contributed by atoms with Crippen LogP contribution in [0.15, 0.2) is 24.3 Å². The second-order valence-electron chi connectivity index (χ2n) is 5.33. The third-order valence-electron chi connectivity index (χ3n) is 3.84. The van der Waals surface area contributed by atoms with Crippen molar-refractivity contribution in [1.82, 2.24) is 4.90 Å². The number of nitriles is 1. The van der Waals surface area contributed by atoms with Crippen molar-refractivity contribution in [3.8, 4) is 11.8 Å². The Morgan fingerprint density at radius 3 is 2.65 bits per heavy atom. The van der Waals surface area contributed by atoms with Gasteiger partial charge in [0, 0.05) is 12.1 Å². The highest BCUT2D eigenvalue weighted by Crippen LogP contribution is 2.23. The maximum atomic E-state index is 12.3. The van der Waals surface area contributed by atoms with E-state index in [4.69, 9.17) is 10.00 Å². The maximum Gasteiger partial charge on any atom is 0.260 e. The smallest absolute Gasteiger partial charge is 0.260 e. The summed E-state index contributed by atoms with van der Waals surface area (Å²) in [6.45, 7) is 4.15. The molecule has 1 aromatic carbocycles. The molecule has 1 aliphatic rings. The summed E-state index contributed by atoms with van der Waals surface area (Å²) in [7, 11) is 0. The van der Waals surface area contributed by atoms with Crippen LogP contribution in [0.4, 0.5) is 0 Å². The van der Waals surface area contributed by atoms with Crippen molar-refractivity contribution >= 4 is 5.91 Å². The number of carbonyl (C=O) groups is 1. The Labute approximate surface area is 120 Å². The first kappa shape index (κ1) is 14.4. The van der Waals surface area contributed by atoms with Crippen LogP contribution < -0.4 is 4.74 Å². The lowest BCUT2D eigenvalue weighted by Gasteiger charge is -2.39. The Hall–Kier alpha value is -2.02. The molecule has 106 valence electrons. The monoisotopic (exact) mass is 272 g/mol. The summed E-state index contributed by atoms with van der Waals surface area (Å²) < 4.78 is 5.53. The third kappa shape index (κ3) is 3.11. The van der Waals surface area contributed by atoms with Crippen molar-refractivity contribution in [3.05, 3.63) is 29.8 Å². The van der Waals surface area contributed by atoms with Crippen LogP contribution in [0, 0.1) is 11.3 Å². The molecule has 0 radical (unpaired) electrons. The zero-order valence-electron chi connectivity index (χ0n) is 12.0. The Balaban J connectivity index is 2.00. The molecule has 0 unspecified atom stereocenters. The molecule has 1 amide bonds. The summed E-state index contributed by atoms with van der Waals surface area (Å²) in [6.07, 6.45) is 3.26. The van der Waals surface area contributed by atoms with Crippen molar-refractivity contribution in [2.45, 2.75) is 45.2 Å². The van der Waals surface area contributed by atoms with Crippen molar-refractivity contribution < 1.29 is 9.53 Å². The maximum absolute atomic E-state index is 12.3. The first-order valence-corrected chi connectivity index (χ1v) is 7.06. The van der Waals surface area contributed by atoms with Gasteiger partial charge < -0.3 is 9.64 Å². The standard InChI is InChI=1S/C16H20N2O2/c1-12-6-5-7-13(2)18(12)16(19)11-20-15-9-4-3-8-14(15)10-17/h3-4,8-9,12-13H,5-7,11H2,1-2H3/t12-,13+. The van der Waals surface area contributed by atoms with E-state index < -0.39 is 0 Å². The van der Waals surface area contributed by atoms with Crippen LogP contribution in [0.25, 0.3) is 0 Å². The minimum atomic E-state index is -0.00657. The van der Waals surface area contributed by atoms with Crippen LogP contribution >= 0.6 is 0 Å². The minimum absolute atomic E-state index is 0.00237. The van der Waals surface area contributed by atoms with Crippen LogP contribution in [0.3, 0.4) is 0 Å². The van der Waals surface area contributed by atoms with Gasteiger partial charge in [-0.1, -0.05) is 12.1 Å². The first-order chi connectivity index (χ1) is 9.63. The SMILES string of the molecule is C[C@@H]1CCC[C@H](C)N1C(=O)COc1ccccc1C#N. The summed E-state index contributed by atoms with van der Waals surface area (Å²) in [5, 5.41) is 8.99. The van der Waals surface area contributed by atoms with Gasteiger partial charge in [0.2, 0.25) is 0 Å². The summed E-state index contributed by atoms with van der Waals surface area (Å²) in [5.41, 5.74) is 0.458. The van der Waals surface area contributed by atoms with Gasteiger partial charge in [0.1, 0.15) is 11.8 Å². The molecule has 2 rings (SSSR count). The van der Waals surface area contributed by atoms with Crippen LogP contribution in [-0.2, 0) is 4.79 Å².